The summed E-state index contributed by atoms with van der Waals surface area (Å²) in [6.07, 6.45) is 1.37. The van der Waals surface area contributed by atoms with Gasteiger partial charge in [0.1, 0.15) is 0 Å². The van der Waals surface area contributed by atoms with E-state index in [0.29, 0.717) is 23.4 Å². The quantitative estimate of drug-likeness (QED) is 0.334. The van der Waals surface area contributed by atoms with Crippen LogP contribution in [0, 0.1) is 0 Å². The van der Waals surface area contributed by atoms with Crippen molar-refractivity contribution in [2.45, 2.75) is 25.4 Å². The molecular weight excluding hydrogens is 266 g/mol. The van der Waals surface area contributed by atoms with Gasteiger partial charge < -0.3 is 20.9 Å². The van der Waals surface area contributed by atoms with E-state index in [1.54, 1.807) is 12.1 Å². The van der Waals surface area contributed by atoms with Crippen LogP contribution >= 0.6 is 11.6 Å². The molecule has 0 bridgehead atoms. The zero-order chi connectivity index (χ0) is 14.0. The minimum Gasteiger partial charge on any atom is -0.409 e. The molecule has 0 saturated carbocycles. The van der Waals surface area contributed by atoms with Crippen LogP contribution in [0.25, 0.3) is 0 Å². The van der Waals surface area contributed by atoms with Gasteiger partial charge in [-0.1, -0.05) is 16.8 Å². The fourth-order valence-electron chi connectivity index (χ4n) is 2.27. The van der Waals surface area contributed by atoms with Crippen molar-refractivity contribution in [3.05, 3.63) is 28.8 Å². The van der Waals surface area contributed by atoms with Crippen LogP contribution in [0.3, 0.4) is 0 Å². The number of rotatable bonds is 2. The summed E-state index contributed by atoms with van der Waals surface area (Å²) in [4.78, 5) is 2.11. The molecule has 19 heavy (non-hydrogen) atoms. The van der Waals surface area contributed by atoms with Gasteiger partial charge in [0.2, 0.25) is 0 Å². The molecule has 0 atom stereocenters. The molecule has 4 N–H and O–H groups in total. The maximum Gasteiger partial charge on any atom is 0.172 e. The Balaban J connectivity index is 2.30. The summed E-state index contributed by atoms with van der Waals surface area (Å²) >= 11 is 5.95. The van der Waals surface area contributed by atoms with Crippen molar-refractivity contribution in [2.75, 3.05) is 18.0 Å². The second-order valence-electron chi connectivity index (χ2n) is 5.13. The molecule has 1 heterocycles. The van der Waals surface area contributed by atoms with E-state index in [1.807, 2.05) is 13.0 Å². The lowest BCUT2D eigenvalue weighted by atomic mass is 9.93. The molecule has 0 aliphatic carbocycles. The predicted octanol–water partition coefficient (Wildman–Crippen LogP) is 1.79. The summed E-state index contributed by atoms with van der Waals surface area (Å²) in [5.74, 6) is 0.0369. The number of anilines is 1. The molecule has 1 aromatic carbocycles. The number of aliphatic hydroxyl groups is 1. The highest BCUT2D eigenvalue weighted by Crippen LogP contribution is 2.29. The van der Waals surface area contributed by atoms with Gasteiger partial charge >= 0.3 is 0 Å². The number of piperidine rings is 1. The summed E-state index contributed by atoms with van der Waals surface area (Å²) in [6, 6.07) is 5.31. The summed E-state index contributed by atoms with van der Waals surface area (Å²) in [7, 11) is 0. The second-order valence-corrected chi connectivity index (χ2v) is 5.57. The monoisotopic (exact) mass is 283 g/mol. The van der Waals surface area contributed by atoms with Crippen molar-refractivity contribution in [3.8, 4) is 0 Å². The minimum absolute atomic E-state index is 0.0369. The standard InChI is InChI=1S/C13H18ClN3O2/c1-13(18)4-6-17(7-5-13)11-3-2-9(14)8-10(11)12(15)16-19/h2-3,8,18-19H,4-7H2,1H3,(H2,15,16). The Kier molecular flexibility index (Phi) is 3.87. The van der Waals surface area contributed by atoms with Crippen molar-refractivity contribution < 1.29 is 10.3 Å². The summed E-state index contributed by atoms with van der Waals surface area (Å²) in [6.45, 7) is 3.29. The predicted molar refractivity (Wildman–Crippen MR) is 76.0 cm³/mol. The smallest absolute Gasteiger partial charge is 0.172 e. The van der Waals surface area contributed by atoms with E-state index < -0.39 is 5.60 Å². The SMILES string of the molecule is CC1(O)CCN(c2ccc(Cl)cc2/C(N)=N/O)CC1. The van der Waals surface area contributed by atoms with Crippen LogP contribution in [0.1, 0.15) is 25.3 Å². The highest BCUT2D eigenvalue weighted by atomic mass is 35.5. The van der Waals surface area contributed by atoms with Crippen LogP contribution < -0.4 is 10.6 Å². The molecular formula is C13H18ClN3O2. The Morgan fingerprint density at radius 3 is 2.63 bits per heavy atom. The number of benzene rings is 1. The Bertz CT molecular complexity index is 493. The molecule has 1 saturated heterocycles. The maximum absolute atomic E-state index is 9.97. The highest BCUT2D eigenvalue weighted by Gasteiger charge is 2.28. The van der Waals surface area contributed by atoms with Crippen molar-refractivity contribution in [2.24, 2.45) is 10.9 Å². The van der Waals surface area contributed by atoms with Gasteiger partial charge in [0.25, 0.3) is 0 Å². The van der Waals surface area contributed by atoms with Gasteiger partial charge in [-0.15, -0.1) is 0 Å². The van der Waals surface area contributed by atoms with E-state index in [1.165, 1.54) is 0 Å². The number of nitrogens with zero attached hydrogens (tertiary/aromatic N) is 2. The van der Waals surface area contributed by atoms with Gasteiger partial charge in [-0.05, 0) is 38.0 Å². The number of amidine groups is 1. The molecule has 1 aliphatic heterocycles. The van der Waals surface area contributed by atoms with Gasteiger partial charge in [0, 0.05) is 29.4 Å². The van der Waals surface area contributed by atoms with E-state index >= 15 is 0 Å². The Hall–Kier alpha value is -1.46. The summed E-state index contributed by atoms with van der Waals surface area (Å²) in [5, 5.41) is 22.4. The van der Waals surface area contributed by atoms with Gasteiger partial charge in [0.05, 0.1) is 5.60 Å². The van der Waals surface area contributed by atoms with Gasteiger partial charge in [-0.25, -0.2) is 0 Å². The van der Waals surface area contributed by atoms with Crippen LogP contribution in [-0.4, -0.2) is 34.8 Å². The zero-order valence-electron chi connectivity index (χ0n) is 10.8. The third-order valence-electron chi connectivity index (χ3n) is 3.52. The van der Waals surface area contributed by atoms with Crippen LogP contribution in [0.2, 0.25) is 5.02 Å². The largest absolute Gasteiger partial charge is 0.409 e. The molecule has 1 fully saturated rings. The van der Waals surface area contributed by atoms with E-state index in [9.17, 15) is 5.11 Å². The second kappa shape index (κ2) is 5.27. The lowest BCUT2D eigenvalue weighted by molar-refractivity contribution is 0.0351. The molecule has 104 valence electrons. The van der Waals surface area contributed by atoms with E-state index in [2.05, 4.69) is 10.1 Å². The van der Waals surface area contributed by atoms with Crippen molar-refractivity contribution >= 4 is 23.1 Å². The number of hydrogen-bond acceptors (Lipinski definition) is 4. The highest BCUT2D eigenvalue weighted by molar-refractivity contribution is 6.31. The number of nitrogens with two attached hydrogens (primary N) is 1. The van der Waals surface area contributed by atoms with Crippen molar-refractivity contribution in [3.63, 3.8) is 0 Å². The Morgan fingerprint density at radius 2 is 2.05 bits per heavy atom. The molecule has 0 unspecified atom stereocenters. The van der Waals surface area contributed by atoms with Gasteiger partial charge in [-0.3, -0.25) is 0 Å². The first kappa shape index (κ1) is 14.0. The first-order chi connectivity index (χ1) is 8.93. The number of oxime groups is 1. The third-order valence-corrected chi connectivity index (χ3v) is 3.76. The normalized spacial score (nSPS) is 19.5. The average molecular weight is 284 g/mol. The lowest BCUT2D eigenvalue weighted by Crippen LogP contribution is -2.43. The maximum atomic E-state index is 9.97. The number of hydrogen-bond donors (Lipinski definition) is 3. The first-order valence-electron chi connectivity index (χ1n) is 6.18. The first-order valence-corrected chi connectivity index (χ1v) is 6.55. The Labute approximate surface area is 117 Å². The molecule has 0 aromatic heterocycles. The molecule has 0 amide bonds. The Morgan fingerprint density at radius 1 is 1.42 bits per heavy atom. The molecule has 5 nitrogen and oxygen atoms in total. The van der Waals surface area contributed by atoms with E-state index in [0.717, 1.165) is 18.8 Å². The van der Waals surface area contributed by atoms with Crippen LogP contribution in [0.4, 0.5) is 5.69 Å². The lowest BCUT2D eigenvalue weighted by Gasteiger charge is -2.37. The van der Waals surface area contributed by atoms with Crippen LogP contribution in [-0.2, 0) is 0 Å². The molecule has 2 rings (SSSR count). The van der Waals surface area contributed by atoms with Gasteiger partial charge in [0.15, 0.2) is 5.84 Å². The van der Waals surface area contributed by atoms with Crippen molar-refractivity contribution in [1.29, 1.82) is 0 Å². The van der Waals surface area contributed by atoms with E-state index in [4.69, 9.17) is 22.5 Å². The van der Waals surface area contributed by atoms with Crippen LogP contribution in [0.5, 0.6) is 0 Å². The fourth-order valence-corrected chi connectivity index (χ4v) is 2.44. The topological polar surface area (TPSA) is 82.1 Å². The minimum atomic E-state index is -0.611. The van der Waals surface area contributed by atoms with Gasteiger partial charge in [-0.2, -0.15) is 0 Å². The molecule has 1 aromatic rings. The third kappa shape index (κ3) is 3.11. The van der Waals surface area contributed by atoms with E-state index in [-0.39, 0.29) is 5.84 Å². The molecule has 1 aliphatic rings. The molecule has 6 heteroatoms. The summed E-state index contributed by atoms with van der Waals surface area (Å²) < 4.78 is 0. The zero-order valence-corrected chi connectivity index (χ0v) is 11.6. The fraction of sp³-hybridized carbons (Fsp3) is 0.462. The summed E-state index contributed by atoms with van der Waals surface area (Å²) in [5.41, 5.74) is 6.56. The number of halogens is 1. The molecule has 0 spiro atoms. The van der Waals surface area contributed by atoms with Crippen LogP contribution in [0.15, 0.2) is 23.4 Å². The molecule has 0 radical (unpaired) electrons. The average Bonchev–Trinajstić information content (AvgIpc) is 2.38. The van der Waals surface area contributed by atoms with Crippen molar-refractivity contribution in [1.82, 2.24) is 0 Å².